The van der Waals surface area contributed by atoms with E-state index in [9.17, 15) is 0 Å². The number of nitrogens with zero attached hydrogens (tertiary/aromatic N) is 1. The largest absolute Gasteiger partial charge is 0.345 e. The van der Waals surface area contributed by atoms with Gasteiger partial charge in [0.15, 0.2) is 0 Å². The highest BCUT2D eigenvalue weighted by molar-refractivity contribution is 5.71. The van der Waals surface area contributed by atoms with E-state index >= 15 is 0 Å². The molecule has 0 atom stereocenters. The van der Waals surface area contributed by atoms with E-state index in [0.717, 1.165) is 19.4 Å². The Morgan fingerprint density at radius 2 is 1.82 bits per heavy atom. The molecule has 92 valence electrons. The van der Waals surface area contributed by atoms with Crippen LogP contribution >= 0.6 is 0 Å². The molecule has 0 fully saturated rings. The van der Waals surface area contributed by atoms with E-state index in [2.05, 4.69) is 57.4 Å². The predicted octanol–water partition coefficient (Wildman–Crippen LogP) is 4.41. The summed E-state index contributed by atoms with van der Waals surface area (Å²) in [5.41, 5.74) is 5.64. The maximum Gasteiger partial charge on any atom is 0.0450 e. The van der Waals surface area contributed by atoms with Crippen molar-refractivity contribution in [1.82, 2.24) is 0 Å². The predicted molar refractivity (Wildman–Crippen MR) is 75.6 cm³/mol. The highest BCUT2D eigenvalue weighted by atomic mass is 15.2. The molecule has 2 rings (SSSR count). The second-order valence-electron chi connectivity index (χ2n) is 5.00. The summed E-state index contributed by atoms with van der Waals surface area (Å²) in [6.45, 7) is 14.3. The van der Waals surface area contributed by atoms with Gasteiger partial charge < -0.3 is 4.90 Å². The lowest BCUT2D eigenvalue weighted by Gasteiger charge is -2.30. The van der Waals surface area contributed by atoms with Crippen molar-refractivity contribution in [3.05, 3.63) is 41.6 Å². The zero-order valence-electron chi connectivity index (χ0n) is 11.5. The molecule has 1 heteroatoms. The van der Waals surface area contributed by atoms with Crippen LogP contribution in [-0.2, 0) is 5.41 Å². The van der Waals surface area contributed by atoms with E-state index in [4.69, 9.17) is 0 Å². The molecule has 17 heavy (non-hydrogen) atoms. The van der Waals surface area contributed by atoms with Crippen LogP contribution in [0, 0.1) is 6.92 Å². The van der Waals surface area contributed by atoms with Crippen molar-refractivity contribution in [2.24, 2.45) is 0 Å². The lowest BCUT2D eigenvalue weighted by atomic mass is 9.75. The van der Waals surface area contributed by atoms with E-state index in [1.54, 1.807) is 0 Å². The number of aryl methyl sites for hydroxylation is 1. The average Bonchev–Trinajstić information content (AvgIpc) is 2.57. The Kier molecular flexibility index (Phi) is 3.03. The van der Waals surface area contributed by atoms with E-state index in [-0.39, 0.29) is 5.41 Å². The number of rotatable bonds is 3. The zero-order chi connectivity index (χ0) is 12.6. The van der Waals surface area contributed by atoms with Crippen LogP contribution in [-0.4, -0.2) is 6.54 Å². The molecular formula is C16H23N. The maximum atomic E-state index is 4.37. The van der Waals surface area contributed by atoms with Gasteiger partial charge >= 0.3 is 0 Å². The quantitative estimate of drug-likeness (QED) is 0.742. The second kappa shape index (κ2) is 4.21. The first-order chi connectivity index (χ1) is 8.10. The van der Waals surface area contributed by atoms with Gasteiger partial charge in [-0.2, -0.15) is 0 Å². The fourth-order valence-electron chi connectivity index (χ4n) is 3.23. The van der Waals surface area contributed by atoms with Gasteiger partial charge in [0, 0.05) is 23.3 Å². The number of fused-ring (bicyclic) bond motifs is 1. The molecule has 0 N–H and O–H groups in total. The van der Waals surface area contributed by atoms with Crippen molar-refractivity contribution < 1.29 is 0 Å². The summed E-state index contributed by atoms with van der Waals surface area (Å²) in [7, 11) is 0. The molecule has 1 heterocycles. The molecule has 0 amide bonds. The second-order valence-corrected chi connectivity index (χ2v) is 5.00. The summed E-state index contributed by atoms with van der Waals surface area (Å²) in [6.07, 6.45) is 2.27. The fraction of sp³-hybridized carbons (Fsp3) is 0.500. The van der Waals surface area contributed by atoms with Crippen LogP contribution in [0.1, 0.15) is 44.7 Å². The highest BCUT2D eigenvalue weighted by Crippen LogP contribution is 2.51. The molecule has 0 aliphatic carbocycles. The lowest BCUT2D eigenvalue weighted by Crippen LogP contribution is -2.29. The first-order valence-electron chi connectivity index (χ1n) is 6.68. The summed E-state index contributed by atoms with van der Waals surface area (Å²) in [4.78, 5) is 2.38. The summed E-state index contributed by atoms with van der Waals surface area (Å²) < 4.78 is 0. The fourth-order valence-corrected chi connectivity index (χ4v) is 3.23. The smallest absolute Gasteiger partial charge is 0.0450 e. The van der Waals surface area contributed by atoms with E-state index in [1.807, 2.05) is 0 Å². The molecule has 0 saturated heterocycles. The molecule has 0 bridgehead atoms. The summed E-state index contributed by atoms with van der Waals surface area (Å²) in [5, 5.41) is 0. The van der Waals surface area contributed by atoms with Gasteiger partial charge in [-0.3, -0.25) is 0 Å². The van der Waals surface area contributed by atoms with Crippen molar-refractivity contribution in [2.45, 2.75) is 46.0 Å². The Morgan fingerprint density at radius 3 is 2.35 bits per heavy atom. The van der Waals surface area contributed by atoms with Crippen molar-refractivity contribution in [2.75, 3.05) is 11.4 Å². The zero-order valence-corrected chi connectivity index (χ0v) is 11.5. The minimum atomic E-state index is 0.164. The van der Waals surface area contributed by atoms with Crippen LogP contribution in [0.2, 0.25) is 0 Å². The van der Waals surface area contributed by atoms with Crippen LogP contribution in [0.4, 0.5) is 5.69 Å². The van der Waals surface area contributed by atoms with Gasteiger partial charge in [0.05, 0.1) is 0 Å². The van der Waals surface area contributed by atoms with Crippen molar-refractivity contribution in [3.8, 4) is 0 Å². The van der Waals surface area contributed by atoms with Crippen LogP contribution in [0.5, 0.6) is 0 Å². The van der Waals surface area contributed by atoms with Gasteiger partial charge in [0.25, 0.3) is 0 Å². The van der Waals surface area contributed by atoms with E-state index in [0.29, 0.717) is 0 Å². The molecule has 0 aromatic heterocycles. The Labute approximate surface area is 105 Å². The Bertz CT molecular complexity index is 441. The molecule has 0 unspecified atom stereocenters. The molecule has 1 aliphatic rings. The molecule has 1 nitrogen and oxygen atoms in total. The monoisotopic (exact) mass is 229 g/mol. The van der Waals surface area contributed by atoms with Crippen molar-refractivity contribution >= 4 is 5.69 Å². The molecule has 0 spiro atoms. The lowest BCUT2D eigenvalue weighted by molar-refractivity contribution is 0.478. The first-order valence-corrected chi connectivity index (χ1v) is 6.68. The van der Waals surface area contributed by atoms with Crippen molar-refractivity contribution in [1.29, 1.82) is 0 Å². The third-order valence-electron chi connectivity index (χ3n) is 4.36. The SMILES string of the molecule is C=C1N(CC)c2ccc(C)cc2C1(CC)CC. The van der Waals surface area contributed by atoms with Gasteiger partial charge in [-0.05, 0) is 38.3 Å². The van der Waals surface area contributed by atoms with Crippen LogP contribution < -0.4 is 4.90 Å². The molecule has 1 aromatic rings. The number of hydrogen-bond acceptors (Lipinski definition) is 1. The normalized spacial score (nSPS) is 17.4. The van der Waals surface area contributed by atoms with E-state index < -0.39 is 0 Å². The Hall–Kier alpha value is -1.24. The average molecular weight is 229 g/mol. The standard InChI is InChI=1S/C16H23N/c1-6-16(7-2)13(5)17(8-3)15-10-9-12(4)11-14(15)16/h9-11H,5-8H2,1-4H3. The van der Waals surface area contributed by atoms with Gasteiger partial charge in [-0.25, -0.2) is 0 Å². The topological polar surface area (TPSA) is 3.24 Å². The third-order valence-corrected chi connectivity index (χ3v) is 4.36. The summed E-state index contributed by atoms with van der Waals surface area (Å²) in [6, 6.07) is 6.81. The number of likely N-dealkylation sites (N-methyl/N-ethyl adjacent to an activating group) is 1. The molecular weight excluding hydrogens is 206 g/mol. The minimum Gasteiger partial charge on any atom is -0.345 e. The van der Waals surface area contributed by atoms with Gasteiger partial charge in [-0.15, -0.1) is 0 Å². The van der Waals surface area contributed by atoms with Gasteiger partial charge in [0.2, 0.25) is 0 Å². The summed E-state index contributed by atoms with van der Waals surface area (Å²) in [5.74, 6) is 0. The van der Waals surface area contributed by atoms with Crippen LogP contribution in [0.3, 0.4) is 0 Å². The van der Waals surface area contributed by atoms with Crippen molar-refractivity contribution in [3.63, 3.8) is 0 Å². The number of hydrogen-bond donors (Lipinski definition) is 0. The molecule has 0 saturated carbocycles. The Morgan fingerprint density at radius 1 is 1.18 bits per heavy atom. The molecule has 0 radical (unpaired) electrons. The molecule has 1 aliphatic heterocycles. The first kappa shape index (κ1) is 12.2. The number of benzene rings is 1. The maximum absolute atomic E-state index is 4.37. The number of allylic oxidation sites excluding steroid dienone is 1. The number of anilines is 1. The Balaban J connectivity index is 2.67. The summed E-state index contributed by atoms with van der Waals surface area (Å²) >= 11 is 0. The van der Waals surface area contributed by atoms with Crippen LogP contribution in [0.15, 0.2) is 30.5 Å². The molecule has 1 aromatic carbocycles. The minimum absolute atomic E-state index is 0.164. The van der Waals surface area contributed by atoms with E-state index in [1.165, 1.54) is 22.5 Å². The van der Waals surface area contributed by atoms with Crippen LogP contribution in [0.25, 0.3) is 0 Å². The van der Waals surface area contributed by atoms with Gasteiger partial charge in [0.1, 0.15) is 0 Å². The third kappa shape index (κ3) is 1.52. The van der Waals surface area contributed by atoms with Gasteiger partial charge in [-0.1, -0.05) is 38.1 Å². The highest BCUT2D eigenvalue weighted by Gasteiger charge is 2.42.